The van der Waals surface area contributed by atoms with Crippen LogP contribution in [0.5, 0.6) is 0 Å². The summed E-state index contributed by atoms with van der Waals surface area (Å²) < 4.78 is 5.62. The van der Waals surface area contributed by atoms with E-state index in [-0.39, 0.29) is 5.41 Å². The van der Waals surface area contributed by atoms with Crippen molar-refractivity contribution in [2.75, 3.05) is 7.11 Å². The van der Waals surface area contributed by atoms with Crippen molar-refractivity contribution < 1.29 is 9.53 Å². The second kappa shape index (κ2) is 4.80. The molecule has 2 fully saturated rings. The number of carbonyl (C=O) groups excluding carboxylic acids is 1. The van der Waals surface area contributed by atoms with E-state index in [2.05, 4.69) is 26.0 Å². The Morgan fingerprint density at radius 3 is 2.73 bits per heavy atom. The SMILES string of the molecule is CO[C@H]1CC[C@@]2(C)C(=CC[C@@H]3[C@@H]2CC[C@]2(C)C(=O)C=C[C@@H]32)C1. The van der Waals surface area contributed by atoms with Gasteiger partial charge < -0.3 is 4.74 Å². The van der Waals surface area contributed by atoms with Crippen molar-refractivity contribution in [3.8, 4) is 0 Å². The maximum atomic E-state index is 12.3. The molecule has 2 nitrogen and oxygen atoms in total. The van der Waals surface area contributed by atoms with Crippen molar-refractivity contribution in [1.29, 1.82) is 0 Å². The minimum absolute atomic E-state index is 0.105. The molecule has 6 atom stereocenters. The fourth-order valence-corrected chi connectivity index (χ4v) is 6.11. The second-order valence-electron chi connectivity index (χ2n) is 8.46. The highest BCUT2D eigenvalue weighted by Crippen LogP contribution is 2.62. The Morgan fingerprint density at radius 1 is 1.18 bits per heavy atom. The molecule has 0 heterocycles. The van der Waals surface area contributed by atoms with Crippen LogP contribution in [0.3, 0.4) is 0 Å². The van der Waals surface area contributed by atoms with E-state index in [0.717, 1.165) is 25.2 Å². The van der Waals surface area contributed by atoms with Gasteiger partial charge in [-0.15, -0.1) is 0 Å². The first-order chi connectivity index (χ1) is 10.5. The van der Waals surface area contributed by atoms with Gasteiger partial charge in [-0.1, -0.05) is 31.6 Å². The van der Waals surface area contributed by atoms with E-state index in [1.165, 1.54) is 19.3 Å². The first-order valence-corrected chi connectivity index (χ1v) is 8.94. The van der Waals surface area contributed by atoms with Gasteiger partial charge in [0.05, 0.1) is 6.10 Å². The van der Waals surface area contributed by atoms with E-state index >= 15 is 0 Å². The molecule has 4 rings (SSSR count). The van der Waals surface area contributed by atoms with Gasteiger partial charge >= 0.3 is 0 Å². The van der Waals surface area contributed by atoms with Crippen LogP contribution in [0, 0.1) is 28.6 Å². The van der Waals surface area contributed by atoms with Crippen molar-refractivity contribution in [2.24, 2.45) is 28.6 Å². The molecule has 2 heteroatoms. The summed E-state index contributed by atoms with van der Waals surface area (Å²) in [7, 11) is 1.85. The molecule has 2 saturated carbocycles. The lowest BCUT2D eigenvalue weighted by atomic mass is 9.48. The minimum Gasteiger partial charge on any atom is -0.381 e. The second-order valence-corrected chi connectivity index (χ2v) is 8.46. The van der Waals surface area contributed by atoms with Crippen LogP contribution in [0.15, 0.2) is 23.8 Å². The predicted molar refractivity (Wildman–Crippen MR) is 87.4 cm³/mol. The molecule has 4 aliphatic carbocycles. The Morgan fingerprint density at radius 2 is 1.95 bits per heavy atom. The van der Waals surface area contributed by atoms with Crippen LogP contribution in [-0.4, -0.2) is 19.0 Å². The minimum atomic E-state index is -0.105. The third-order valence-corrected chi connectivity index (χ3v) is 7.66. The molecule has 120 valence electrons. The Labute approximate surface area is 134 Å². The molecule has 0 radical (unpaired) electrons. The summed E-state index contributed by atoms with van der Waals surface area (Å²) in [6.07, 6.45) is 14.0. The highest BCUT2D eigenvalue weighted by Gasteiger charge is 2.57. The Kier molecular flexibility index (Phi) is 3.21. The highest BCUT2D eigenvalue weighted by molar-refractivity contribution is 5.97. The fourth-order valence-electron chi connectivity index (χ4n) is 6.11. The van der Waals surface area contributed by atoms with Crippen molar-refractivity contribution >= 4 is 5.78 Å². The van der Waals surface area contributed by atoms with E-state index in [0.29, 0.717) is 29.1 Å². The molecule has 0 aliphatic heterocycles. The molecule has 0 unspecified atom stereocenters. The molecule has 4 aliphatic rings. The molecule has 22 heavy (non-hydrogen) atoms. The lowest BCUT2D eigenvalue weighted by Gasteiger charge is -2.56. The molecular formula is C20H28O2. The monoisotopic (exact) mass is 300 g/mol. The Bertz CT molecular complexity index is 560. The molecule has 0 aromatic heterocycles. The quantitative estimate of drug-likeness (QED) is 0.675. The zero-order valence-electron chi connectivity index (χ0n) is 14.1. The van der Waals surface area contributed by atoms with Gasteiger partial charge in [-0.25, -0.2) is 0 Å². The van der Waals surface area contributed by atoms with Crippen molar-refractivity contribution in [1.82, 2.24) is 0 Å². The van der Waals surface area contributed by atoms with Crippen LogP contribution in [-0.2, 0) is 9.53 Å². The first kappa shape index (κ1) is 14.7. The van der Waals surface area contributed by atoms with Crippen LogP contribution in [0.1, 0.15) is 52.4 Å². The van der Waals surface area contributed by atoms with E-state index in [4.69, 9.17) is 4.74 Å². The number of rotatable bonds is 1. The van der Waals surface area contributed by atoms with Crippen molar-refractivity contribution in [2.45, 2.75) is 58.5 Å². The van der Waals surface area contributed by atoms with Gasteiger partial charge in [0.2, 0.25) is 0 Å². The zero-order valence-corrected chi connectivity index (χ0v) is 14.1. The fraction of sp³-hybridized carbons (Fsp3) is 0.750. The highest BCUT2D eigenvalue weighted by atomic mass is 16.5. The summed E-state index contributed by atoms with van der Waals surface area (Å²) >= 11 is 0. The number of allylic oxidation sites excluding steroid dienone is 3. The zero-order chi connectivity index (χ0) is 15.5. The summed E-state index contributed by atoms with van der Waals surface area (Å²) in [5.74, 6) is 2.25. The largest absolute Gasteiger partial charge is 0.381 e. The van der Waals surface area contributed by atoms with Gasteiger partial charge in [-0.3, -0.25) is 4.79 Å². The lowest BCUT2D eigenvalue weighted by molar-refractivity contribution is -0.129. The van der Waals surface area contributed by atoms with Gasteiger partial charge in [0.25, 0.3) is 0 Å². The Hall–Kier alpha value is -0.890. The predicted octanol–water partition coefficient (Wildman–Crippen LogP) is 4.31. The molecule has 0 bridgehead atoms. The first-order valence-electron chi connectivity index (χ1n) is 8.94. The van der Waals surface area contributed by atoms with Gasteiger partial charge in [-0.05, 0) is 67.8 Å². The average molecular weight is 300 g/mol. The van der Waals surface area contributed by atoms with Gasteiger partial charge in [0.1, 0.15) is 0 Å². The third kappa shape index (κ3) is 1.79. The van der Waals surface area contributed by atoms with Crippen LogP contribution in [0.2, 0.25) is 0 Å². The van der Waals surface area contributed by atoms with Crippen LogP contribution >= 0.6 is 0 Å². The van der Waals surface area contributed by atoms with Crippen LogP contribution in [0.4, 0.5) is 0 Å². The molecule has 0 amide bonds. The van der Waals surface area contributed by atoms with E-state index < -0.39 is 0 Å². The normalized spacial score (nSPS) is 50.1. The average Bonchev–Trinajstić information content (AvgIpc) is 2.82. The summed E-state index contributed by atoms with van der Waals surface area (Å²) in [6.45, 7) is 4.70. The lowest BCUT2D eigenvalue weighted by Crippen LogP contribution is -2.50. The van der Waals surface area contributed by atoms with E-state index in [9.17, 15) is 4.79 Å². The van der Waals surface area contributed by atoms with E-state index in [1.54, 1.807) is 5.57 Å². The third-order valence-electron chi connectivity index (χ3n) is 7.66. The maximum absolute atomic E-state index is 12.3. The molecule has 0 saturated heterocycles. The number of fused-ring (bicyclic) bond motifs is 5. The van der Waals surface area contributed by atoms with Gasteiger partial charge in [-0.2, -0.15) is 0 Å². The number of hydrogen-bond acceptors (Lipinski definition) is 2. The van der Waals surface area contributed by atoms with Crippen molar-refractivity contribution in [3.63, 3.8) is 0 Å². The molecule has 0 spiro atoms. The molecular weight excluding hydrogens is 272 g/mol. The number of ether oxygens (including phenoxy) is 1. The Balaban J connectivity index is 1.67. The molecule has 0 aromatic rings. The summed E-state index contributed by atoms with van der Waals surface area (Å²) in [4.78, 5) is 12.3. The number of hydrogen-bond donors (Lipinski definition) is 0. The molecule has 0 N–H and O–H groups in total. The molecule has 0 aromatic carbocycles. The number of ketones is 1. The number of methoxy groups -OCH3 is 1. The van der Waals surface area contributed by atoms with Crippen molar-refractivity contribution in [3.05, 3.63) is 23.8 Å². The summed E-state index contributed by atoms with van der Waals surface area (Å²) in [6, 6.07) is 0. The maximum Gasteiger partial charge on any atom is 0.161 e. The number of carbonyl (C=O) groups is 1. The van der Waals surface area contributed by atoms with Crippen LogP contribution in [0.25, 0.3) is 0 Å². The topological polar surface area (TPSA) is 26.3 Å². The summed E-state index contributed by atoms with van der Waals surface area (Å²) in [5.41, 5.74) is 1.88. The smallest absolute Gasteiger partial charge is 0.161 e. The summed E-state index contributed by atoms with van der Waals surface area (Å²) in [5, 5.41) is 0. The van der Waals surface area contributed by atoms with Crippen LogP contribution < -0.4 is 0 Å². The van der Waals surface area contributed by atoms with E-state index in [1.807, 2.05) is 13.2 Å². The van der Waals surface area contributed by atoms with Gasteiger partial charge in [0.15, 0.2) is 5.78 Å². The standard InChI is InChI=1S/C20H28O2/c1-19-10-8-14(22-3)12-13(19)4-5-15-16-6-7-18(21)20(16,2)11-9-17(15)19/h4,6-7,14-17H,5,8-12H2,1-3H3/t14-,15-,16-,17-,19-,20-/m0/s1. The van der Waals surface area contributed by atoms with Gasteiger partial charge in [0, 0.05) is 12.5 Å².